The van der Waals surface area contributed by atoms with Gasteiger partial charge in [-0.25, -0.2) is 4.39 Å². The Labute approximate surface area is 120 Å². The van der Waals surface area contributed by atoms with Crippen molar-refractivity contribution in [3.05, 3.63) is 27.4 Å². The Morgan fingerprint density at radius 1 is 1.50 bits per heavy atom. The third-order valence-electron chi connectivity index (χ3n) is 2.24. The average Bonchev–Trinajstić information content (AvgIpc) is 2.33. The molecule has 0 amide bonds. The summed E-state index contributed by atoms with van der Waals surface area (Å²) in [5.74, 6) is -0.0914. The van der Waals surface area contributed by atoms with Gasteiger partial charge in [-0.2, -0.15) is 0 Å². The maximum Gasteiger partial charge on any atom is 0.145 e. The third-order valence-corrected chi connectivity index (χ3v) is 3.15. The zero-order valence-corrected chi connectivity index (χ0v) is 12.6. The molecule has 3 nitrogen and oxygen atoms in total. The Morgan fingerprint density at radius 2 is 2.22 bits per heavy atom. The highest BCUT2D eigenvalue weighted by atomic mass is 79.9. The molecule has 1 aromatic rings. The second kappa shape index (κ2) is 7.94. The largest absolute Gasteiger partial charge is 0.485 e. The van der Waals surface area contributed by atoms with Crippen LogP contribution < -0.4 is 10.1 Å². The summed E-state index contributed by atoms with van der Waals surface area (Å²) in [6.07, 6.45) is -0.188. The number of nitrogens with one attached hydrogen (secondary N) is 1. The van der Waals surface area contributed by atoms with Crippen molar-refractivity contribution >= 4 is 27.5 Å². The van der Waals surface area contributed by atoms with Crippen LogP contribution >= 0.6 is 27.5 Å². The summed E-state index contributed by atoms with van der Waals surface area (Å²) >= 11 is 8.96. The quantitative estimate of drug-likeness (QED) is 0.773. The maximum absolute atomic E-state index is 13.4. The van der Waals surface area contributed by atoms with E-state index in [-0.39, 0.29) is 11.1 Å². The van der Waals surface area contributed by atoms with Gasteiger partial charge in [0.1, 0.15) is 17.7 Å². The molecule has 1 N–H and O–H groups in total. The summed E-state index contributed by atoms with van der Waals surface area (Å²) in [4.78, 5) is 0. The molecule has 0 fully saturated rings. The van der Waals surface area contributed by atoms with Crippen molar-refractivity contribution in [2.24, 2.45) is 0 Å². The van der Waals surface area contributed by atoms with E-state index in [1.54, 1.807) is 7.11 Å². The fraction of sp³-hybridized carbons (Fsp3) is 0.500. The Morgan fingerprint density at radius 3 is 2.83 bits per heavy atom. The molecule has 1 unspecified atom stereocenters. The van der Waals surface area contributed by atoms with Crippen molar-refractivity contribution in [2.75, 3.05) is 26.8 Å². The van der Waals surface area contributed by atoms with Gasteiger partial charge in [0.15, 0.2) is 0 Å². The first kappa shape index (κ1) is 15.7. The van der Waals surface area contributed by atoms with E-state index in [0.717, 1.165) is 6.54 Å². The maximum atomic E-state index is 13.4. The van der Waals surface area contributed by atoms with E-state index < -0.39 is 5.82 Å². The van der Waals surface area contributed by atoms with Crippen LogP contribution in [0.5, 0.6) is 5.75 Å². The minimum atomic E-state index is -0.505. The average molecular weight is 341 g/mol. The Balaban J connectivity index is 2.76. The lowest BCUT2D eigenvalue weighted by molar-refractivity contribution is 0.0802. The van der Waals surface area contributed by atoms with Gasteiger partial charge in [0.2, 0.25) is 0 Å². The van der Waals surface area contributed by atoms with Crippen LogP contribution in [0.1, 0.15) is 6.92 Å². The second-order valence-electron chi connectivity index (χ2n) is 3.70. The summed E-state index contributed by atoms with van der Waals surface area (Å²) in [6, 6.07) is 2.74. The normalized spacial score (nSPS) is 12.5. The van der Waals surface area contributed by atoms with Gasteiger partial charge in [0.25, 0.3) is 0 Å². The fourth-order valence-corrected chi connectivity index (χ4v) is 2.13. The molecule has 0 spiro atoms. The first-order valence-corrected chi connectivity index (χ1v) is 6.76. The summed E-state index contributed by atoms with van der Waals surface area (Å²) in [7, 11) is 1.60. The number of ether oxygens (including phenoxy) is 2. The van der Waals surface area contributed by atoms with E-state index in [2.05, 4.69) is 21.2 Å². The van der Waals surface area contributed by atoms with Crippen molar-refractivity contribution in [3.8, 4) is 5.75 Å². The first-order valence-electron chi connectivity index (χ1n) is 5.59. The van der Waals surface area contributed by atoms with Crippen molar-refractivity contribution in [3.63, 3.8) is 0 Å². The number of rotatable bonds is 7. The highest BCUT2D eigenvalue weighted by Crippen LogP contribution is 2.31. The molecule has 0 aliphatic carbocycles. The Hall–Kier alpha value is -0.360. The SMILES string of the molecule is CCNCC(COC)Oc1cc(F)c(Cl)cc1Br. The highest BCUT2D eigenvalue weighted by Gasteiger charge is 2.14. The van der Waals surface area contributed by atoms with E-state index in [1.807, 2.05) is 6.92 Å². The van der Waals surface area contributed by atoms with Crippen LogP contribution in [0.3, 0.4) is 0 Å². The molecule has 0 saturated heterocycles. The van der Waals surface area contributed by atoms with Gasteiger partial charge in [-0.15, -0.1) is 0 Å². The molecular weight excluding hydrogens is 324 g/mol. The number of hydrogen-bond donors (Lipinski definition) is 1. The molecule has 18 heavy (non-hydrogen) atoms. The summed E-state index contributed by atoms with van der Waals surface area (Å²) in [5, 5.41) is 3.22. The number of methoxy groups -OCH3 is 1. The second-order valence-corrected chi connectivity index (χ2v) is 4.96. The predicted octanol–water partition coefficient (Wildman–Crippen LogP) is 3.24. The third kappa shape index (κ3) is 4.72. The lowest BCUT2D eigenvalue weighted by atomic mass is 10.3. The lowest BCUT2D eigenvalue weighted by Crippen LogP contribution is -2.34. The van der Waals surface area contributed by atoms with Gasteiger partial charge in [-0.3, -0.25) is 0 Å². The molecule has 6 heteroatoms. The predicted molar refractivity (Wildman–Crippen MR) is 73.9 cm³/mol. The van der Waals surface area contributed by atoms with E-state index >= 15 is 0 Å². The van der Waals surface area contributed by atoms with Crippen molar-refractivity contribution < 1.29 is 13.9 Å². The van der Waals surface area contributed by atoms with Crippen molar-refractivity contribution in [1.82, 2.24) is 5.32 Å². The van der Waals surface area contributed by atoms with Gasteiger partial charge < -0.3 is 14.8 Å². The van der Waals surface area contributed by atoms with E-state index in [4.69, 9.17) is 21.1 Å². The van der Waals surface area contributed by atoms with E-state index in [0.29, 0.717) is 23.4 Å². The van der Waals surface area contributed by atoms with Crippen LogP contribution in [-0.4, -0.2) is 32.9 Å². The van der Waals surface area contributed by atoms with Crippen molar-refractivity contribution in [1.29, 1.82) is 0 Å². The Bertz CT molecular complexity index is 393. The van der Waals surface area contributed by atoms with Gasteiger partial charge >= 0.3 is 0 Å². The minimum absolute atomic E-state index is 0.0594. The highest BCUT2D eigenvalue weighted by molar-refractivity contribution is 9.10. The Kier molecular flexibility index (Phi) is 6.92. The minimum Gasteiger partial charge on any atom is -0.485 e. The van der Waals surface area contributed by atoms with Crippen LogP contribution in [0.2, 0.25) is 5.02 Å². The molecule has 0 bridgehead atoms. The van der Waals surface area contributed by atoms with Gasteiger partial charge in [0, 0.05) is 19.7 Å². The molecule has 0 aliphatic heterocycles. The molecule has 0 aliphatic rings. The van der Waals surface area contributed by atoms with Gasteiger partial charge in [-0.05, 0) is 28.5 Å². The first-order chi connectivity index (χ1) is 8.58. The molecule has 1 atom stereocenters. The zero-order valence-electron chi connectivity index (χ0n) is 10.3. The number of likely N-dealkylation sites (N-methyl/N-ethyl adjacent to an activating group) is 1. The molecule has 0 radical (unpaired) electrons. The molecule has 0 heterocycles. The summed E-state index contributed by atoms with van der Waals surface area (Å²) in [6.45, 7) is 3.88. The van der Waals surface area contributed by atoms with Crippen molar-refractivity contribution in [2.45, 2.75) is 13.0 Å². The summed E-state index contributed by atoms with van der Waals surface area (Å²) in [5.41, 5.74) is 0. The fourth-order valence-electron chi connectivity index (χ4n) is 1.40. The standard InChI is InChI=1S/C12H16BrClFNO2/c1-3-16-6-8(7-17-2)18-12-5-11(15)10(14)4-9(12)13/h4-5,8,16H,3,6-7H2,1-2H3. The molecule has 0 saturated carbocycles. The van der Waals surface area contributed by atoms with Crippen LogP contribution in [0.4, 0.5) is 4.39 Å². The van der Waals surface area contributed by atoms with Gasteiger partial charge in [-0.1, -0.05) is 18.5 Å². The van der Waals surface area contributed by atoms with Gasteiger partial charge in [0.05, 0.1) is 16.1 Å². The van der Waals surface area contributed by atoms with Crippen LogP contribution in [0.15, 0.2) is 16.6 Å². The molecule has 1 aromatic carbocycles. The summed E-state index contributed by atoms with van der Waals surface area (Å²) < 4.78 is 24.7. The molecular formula is C12H16BrClFNO2. The molecule has 0 aromatic heterocycles. The number of halogens is 3. The molecule has 102 valence electrons. The number of benzene rings is 1. The number of hydrogen-bond acceptors (Lipinski definition) is 3. The lowest BCUT2D eigenvalue weighted by Gasteiger charge is -2.19. The zero-order chi connectivity index (χ0) is 13.5. The van der Waals surface area contributed by atoms with Crippen LogP contribution in [0, 0.1) is 5.82 Å². The van der Waals surface area contributed by atoms with E-state index in [1.165, 1.54) is 12.1 Å². The topological polar surface area (TPSA) is 30.5 Å². The molecule has 1 rings (SSSR count). The van der Waals surface area contributed by atoms with Crippen LogP contribution in [-0.2, 0) is 4.74 Å². The monoisotopic (exact) mass is 339 g/mol. The smallest absolute Gasteiger partial charge is 0.145 e. The van der Waals surface area contributed by atoms with E-state index in [9.17, 15) is 4.39 Å². The van der Waals surface area contributed by atoms with Crippen LogP contribution in [0.25, 0.3) is 0 Å².